The van der Waals surface area contributed by atoms with Crippen LogP contribution in [0, 0.1) is 0 Å². The van der Waals surface area contributed by atoms with Gasteiger partial charge in [-0.1, -0.05) is 0 Å². The van der Waals surface area contributed by atoms with Gasteiger partial charge in [-0.3, -0.25) is 4.46 Å². The van der Waals surface area contributed by atoms with Crippen molar-refractivity contribution in [2.24, 2.45) is 0 Å². The molecule has 0 heterocycles. The molecule has 0 aliphatic rings. The van der Waals surface area contributed by atoms with E-state index in [-0.39, 0.29) is 18.0 Å². The molecule has 0 bridgehead atoms. The summed E-state index contributed by atoms with van der Waals surface area (Å²) in [6.07, 6.45) is 0. The third-order valence-corrected chi connectivity index (χ3v) is 0. The third-order valence-electron chi connectivity index (χ3n) is 0. The van der Waals surface area contributed by atoms with Crippen molar-refractivity contribution in [3.63, 3.8) is 0 Å². The fourth-order valence-electron chi connectivity index (χ4n) is 0. The van der Waals surface area contributed by atoms with E-state index in [0.29, 0.717) is 0 Å². The molecule has 0 unspecified atom stereocenters. The van der Waals surface area contributed by atoms with E-state index in [9.17, 15) is 0 Å². The molecule has 0 aliphatic carbocycles. The summed E-state index contributed by atoms with van der Waals surface area (Å²) in [4.78, 5) is 14.3. The molecule has 3 radical (unpaired) electrons. The Morgan fingerprint density at radius 3 is 1.40 bits per heavy atom. The van der Waals surface area contributed by atoms with Gasteiger partial charge >= 0.3 is 9.17 Å². The van der Waals surface area contributed by atoms with Crippen LogP contribution in [0.3, 0.4) is 0 Å². The van der Waals surface area contributed by atoms with E-state index < -0.39 is 9.17 Å². The first-order chi connectivity index (χ1) is 1.73. The van der Waals surface area contributed by atoms with Gasteiger partial charge in [-0.2, -0.15) is 0 Å². The summed E-state index contributed by atoms with van der Waals surface area (Å²) in [6, 6.07) is 0. The van der Waals surface area contributed by atoms with Crippen LogP contribution >= 0.6 is 0 Å². The third kappa shape index (κ3) is 643. The van der Waals surface area contributed by atoms with Crippen LogP contribution in [0.15, 0.2) is 0 Å². The first-order valence-corrected chi connectivity index (χ1v) is 1.95. The molecule has 0 rings (SSSR count). The Kier molecular flexibility index (Phi) is 7.47. The predicted octanol–water partition coefficient (Wildman–Crippen LogP) is -1.99. The molecule has 0 saturated heterocycles. The molecule has 29 valence electrons. The molecule has 0 saturated carbocycles. The van der Waals surface area contributed by atoms with Crippen molar-refractivity contribution in [3.05, 3.63) is 0 Å². The van der Waals surface area contributed by atoms with Crippen molar-refractivity contribution in [2.75, 3.05) is 0 Å². The summed E-state index contributed by atoms with van der Waals surface area (Å²) in [5.41, 5.74) is 0. The van der Waals surface area contributed by atoms with Gasteiger partial charge in [0.2, 0.25) is 0 Å². The first-order valence-electron chi connectivity index (χ1n) is 0.651. The summed E-state index contributed by atoms with van der Waals surface area (Å²) in [5, 5.41) is 0. The van der Waals surface area contributed by atoms with Crippen molar-refractivity contribution < 1.29 is 14.1 Å². The average Bonchev–Trinajstić information content (AvgIpc) is 0.811. The van der Waals surface area contributed by atoms with Gasteiger partial charge in [-0.15, -0.1) is 0 Å². The molecule has 0 aromatic rings. The number of hydrogen-bond donors (Lipinski definition) is 2. The maximum Gasteiger partial charge on any atom is 0.761 e. The van der Waals surface area contributed by atoms with Crippen LogP contribution in [0.1, 0.15) is 0 Å². The zero-order valence-electron chi connectivity index (χ0n) is 2.25. The smallest absolute Gasteiger partial charge is 0.511 e. The van der Waals surface area contributed by atoms with Crippen LogP contribution in [-0.4, -0.2) is 36.7 Å². The minimum absolute atomic E-state index is 0. The van der Waals surface area contributed by atoms with Gasteiger partial charge in [0.25, 0.3) is 0 Å². The summed E-state index contributed by atoms with van der Waals surface area (Å²) in [6.45, 7) is 0. The fraction of sp³-hybridized carbons (Fsp3) is 0. The van der Waals surface area contributed by atoms with Crippen LogP contribution in [0.5, 0.6) is 0 Å². The molecule has 0 aromatic heterocycles. The SMILES string of the molecule is O=[Si](O)O.[As]. The van der Waals surface area contributed by atoms with Crippen molar-refractivity contribution in [1.29, 1.82) is 0 Å². The second-order valence-electron chi connectivity index (χ2n) is 0.283. The maximum atomic E-state index is 8.74. The predicted molar refractivity (Wildman–Crippen MR) is 16.6 cm³/mol. The molecule has 0 aliphatic heterocycles. The fourth-order valence-corrected chi connectivity index (χ4v) is 0. The van der Waals surface area contributed by atoms with Crippen LogP contribution in [0.2, 0.25) is 0 Å². The van der Waals surface area contributed by atoms with Crippen molar-refractivity contribution in [3.8, 4) is 0 Å². The quantitative estimate of drug-likeness (QED) is 0.396. The minimum atomic E-state index is -3.13. The van der Waals surface area contributed by atoms with Gasteiger partial charge in [0.15, 0.2) is 0 Å². The molecule has 2 N–H and O–H groups in total. The summed E-state index contributed by atoms with van der Waals surface area (Å²) >= 11 is 0. The molecule has 0 fully saturated rings. The maximum absolute atomic E-state index is 8.74. The van der Waals surface area contributed by atoms with E-state index >= 15 is 0 Å². The van der Waals surface area contributed by atoms with E-state index in [0.717, 1.165) is 0 Å². The van der Waals surface area contributed by atoms with E-state index in [2.05, 4.69) is 0 Å². The van der Waals surface area contributed by atoms with Crippen LogP contribution in [0.25, 0.3) is 0 Å². The molecule has 0 amide bonds. The van der Waals surface area contributed by atoms with Crippen molar-refractivity contribution in [2.45, 2.75) is 0 Å². The summed E-state index contributed by atoms with van der Waals surface area (Å²) in [7, 11) is -3.13. The Hall–Kier alpha value is 0.175. The van der Waals surface area contributed by atoms with Gasteiger partial charge in [-0.25, -0.2) is 0 Å². The van der Waals surface area contributed by atoms with Gasteiger partial charge in [-0.05, 0) is 0 Å². The topological polar surface area (TPSA) is 57.5 Å². The molecule has 3 nitrogen and oxygen atoms in total. The zero-order valence-corrected chi connectivity index (χ0v) is 5.13. The monoisotopic (exact) mass is 153 g/mol. The standard InChI is InChI=1S/As.H2O3Si/c;1-4(2)3/h;1-2H. The van der Waals surface area contributed by atoms with E-state index in [1.54, 1.807) is 0 Å². The number of rotatable bonds is 0. The Morgan fingerprint density at radius 2 is 1.40 bits per heavy atom. The van der Waals surface area contributed by atoms with Crippen LogP contribution < -0.4 is 0 Å². The van der Waals surface area contributed by atoms with Gasteiger partial charge < -0.3 is 9.59 Å². The molecule has 5 heteroatoms. The Morgan fingerprint density at radius 1 is 1.40 bits per heavy atom. The zero-order chi connectivity index (χ0) is 3.58. The minimum Gasteiger partial charge on any atom is -0.511 e. The summed E-state index contributed by atoms with van der Waals surface area (Å²) < 4.78 is 8.74. The van der Waals surface area contributed by atoms with Gasteiger partial charge in [0.05, 0.1) is 0 Å². The second kappa shape index (κ2) is 4.18. The molecule has 0 spiro atoms. The normalized spacial score (nSPS) is 4.80. The molecule has 0 aromatic carbocycles. The molecular weight excluding hydrogens is 151 g/mol. The molecular formula is H2AsO3Si. The Labute approximate surface area is 41.9 Å². The molecule has 0 atom stereocenters. The number of hydrogen-bond acceptors (Lipinski definition) is 1. The van der Waals surface area contributed by atoms with E-state index in [1.165, 1.54) is 0 Å². The molecule has 5 heavy (non-hydrogen) atoms. The van der Waals surface area contributed by atoms with Crippen LogP contribution in [0.4, 0.5) is 0 Å². The van der Waals surface area contributed by atoms with Gasteiger partial charge in [0.1, 0.15) is 0 Å². The Bertz CT molecular complexity index is 29.9. The average molecular weight is 153 g/mol. The van der Waals surface area contributed by atoms with E-state index in [4.69, 9.17) is 14.1 Å². The van der Waals surface area contributed by atoms with Gasteiger partial charge in [0, 0.05) is 18.0 Å². The first kappa shape index (κ1) is 8.95. The van der Waals surface area contributed by atoms with Crippen molar-refractivity contribution in [1.82, 2.24) is 0 Å². The van der Waals surface area contributed by atoms with Crippen molar-refractivity contribution >= 4 is 27.1 Å². The Balaban J connectivity index is 0. The largest absolute Gasteiger partial charge is 0.761 e. The summed E-state index contributed by atoms with van der Waals surface area (Å²) in [5.74, 6) is 0. The second-order valence-corrected chi connectivity index (χ2v) is 0.848. The van der Waals surface area contributed by atoms with Crippen LogP contribution in [-0.2, 0) is 4.46 Å². The van der Waals surface area contributed by atoms with E-state index in [1.807, 2.05) is 0 Å².